The van der Waals surface area contributed by atoms with E-state index in [1.165, 1.54) is 6.07 Å². The molecule has 2 aromatic carbocycles. The number of hydrogen-bond acceptors (Lipinski definition) is 4. The Labute approximate surface area is 129 Å². The molecule has 0 spiro atoms. The number of aromatic hydroxyl groups is 2. The molecule has 5 N–H and O–H groups in total. The Morgan fingerprint density at radius 3 is 2.18 bits per heavy atom. The number of phenols is 2. The molecule has 5 heteroatoms. The van der Waals surface area contributed by atoms with E-state index in [1.54, 1.807) is 30.3 Å². The molecule has 2 aromatic rings. The zero-order chi connectivity index (χ0) is 16.5. The summed E-state index contributed by atoms with van der Waals surface area (Å²) >= 11 is 0. The number of carbonyl (C=O) groups is 1. The molecule has 0 aliphatic carbocycles. The number of hydrogen-bond donors (Lipinski definition) is 4. The number of phenolic OH excluding ortho intramolecular Hbond substituents is 2. The Bertz CT molecular complexity index is 701. The fraction of sp³-hybridized carbons (Fsp3) is 0.235. The Morgan fingerprint density at radius 2 is 1.64 bits per heavy atom. The lowest BCUT2D eigenvalue weighted by atomic mass is 9.86. The highest BCUT2D eigenvalue weighted by atomic mass is 16.3. The summed E-state index contributed by atoms with van der Waals surface area (Å²) in [7, 11) is 0. The van der Waals surface area contributed by atoms with Gasteiger partial charge in [0, 0.05) is 16.8 Å². The lowest BCUT2D eigenvalue weighted by molar-refractivity contribution is 0.102. The van der Waals surface area contributed by atoms with Crippen LogP contribution in [0.3, 0.4) is 0 Å². The molecule has 0 fully saturated rings. The van der Waals surface area contributed by atoms with E-state index in [1.807, 2.05) is 20.8 Å². The van der Waals surface area contributed by atoms with Gasteiger partial charge in [-0.25, -0.2) is 0 Å². The minimum absolute atomic E-state index is 0.00856. The van der Waals surface area contributed by atoms with Crippen LogP contribution in [0.2, 0.25) is 0 Å². The summed E-state index contributed by atoms with van der Waals surface area (Å²) in [6, 6.07) is 9.47. The third-order valence-electron chi connectivity index (χ3n) is 3.38. The first-order valence-corrected chi connectivity index (χ1v) is 6.92. The summed E-state index contributed by atoms with van der Waals surface area (Å²) in [5.74, 6) is -0.748. The summed E-state index contributed by atoms with van der Waals surface area (Å²) in [5, 5.41) is 22.8. The zero-order valence-electron chi connectivity index (χ0n) is 12.8. The van der Waals surface area contributed by atoms with Gasteiger partial charge in [0.05, 0.1) is 0 Å². The summed E-state index contributed by atoms with van der Waals surface area (Å²) in [6.45, 7) is 5.81. The van der Waals surface area contributed by atoms with Crippen LogP contribution in [0.1, 0.15) is 36.7 Å². The van der Waals surface area contributed by atoms with Crippen LogP contribution in [0.5, 0.6) is 11.5 Å². The van der Waals surface area contributed by atoms with Gasteiger partial charge in [-0.3, -0.25) is 4.79 Å². The lowest BCUT2D eigenvalue weighted by Crippen LogP contribution is -2.15. The third kappa shape index (κ3) is 3.14. The zero-order valence-corrected chi connectivity index (χ0v) is 12.8. The topological polar surface area (TPSA) is 95.6 Å². The maximum atomic E-state index is 12.2. The number of benzene rings is 2. The number of amides is 1. The van der Waals surface area contributed by atoms with E-state index in [2.05, 4.69) is 5.32 Å². The van der Waals surface area contributed by atoms with Crippen LogP contribution >= 0.6 is 0 Å². The number of nitrogen functional groups attached to an aromatic ring is 1. The molecule has 0 saturated heterocycles. The highest BCUT2D eigenvalue weighted by Crippen LogP contribution is 2.41. The van der Waals surface area contributed by atoms with E-state index in [9.17, 15) is 15.0 Å². The van der Waals surface area contributed by atoms with E-state index in [0.717, 1.165) is 0 Å². The number of nitrogens with one attached hydrogen (secondary N) is 1. The van der Waals surface area contributed by atoms with Crippen molar-refractivity contribution in [3.63, 3.8) is 0 Å². The Balaban J connectivity index is 2.37. The highest BCUT2D eigenvalue weighted by Gasteiger charge is 2.23. The largest absolute Gasteiger partial charge is 0.506 e. The molecule has 0 aromatic heterocycles. The molecule has 2 rings (SSSR count). The minimum atomic E-state index is -0.434. The van der Waals surface area contributed by atoms with Gasteiger partial charge in [-0.1, -0.05) is 26.8 Å². The van der Waals surface area contributed by atoms with Crippen molar-refractivity contribution >= 4 is 17.3 Å². The summed E-state index contributed by atoms with van der Waals surface area (Å²) in [5.41, 5.74) is 6.84. The fourth-order valence-electron chi connectivity index (χ4n) is 2.13. The monoisotopic (exact) mass is 300 g/mol. The van der Waals surface area contributed by atoms with Gasteiger partial charge in [0.25, 0.3) is 5.91 Å². The average Bonchev–Trinajstić information content (AvgIpc) is 2.42. The first kappa shape index (κ1) is 15.7. The van der Waals surface area contributed by atoms with Gasteiger partial charge in [-0.15, -0.1) is 0 Å². The number of anilines is 2. The quantitative estimate of drug-likeness (QED) is 0.506. The normalized spacial score (nSPS) is 11.2. The molecule has 5 nitrogen and oxygen atoms in total. The molecule has 116 valence electrons. The molecule has 1 amide bonds. The predicted molar refractivity (Wildman–Crippen MR) is 87.3 cm³/mol. The van der Waals surface area contributed by atoms with Gasteiger partial charge in [0.1, 0.15) is 17.2 Å². The molecule has 0 unspecified atom stereocenters. The number of nitrogens with two attached hydrogens (primary N) is 1. The number of carbonyl (C=O) groups excluding carboxylic acids is 1. The Kier molecular flexibility index (Phi) is 3.99. The molecule has 0 bridgehead atoms. The predicted octanol–water partition coefficient (Wildman–Crippen LogP) is 3.23. The fourth-order valence-corrected chi connectivity index (χ4v) is 2.13. The van der Waals surface area contributed by atoms with Crippen molar-refractivity contribution in [3.8, 4) is 11.5 Å². The second-order valence-corrected chi connectivity index (χ2v) is 6.18. The van der Waals surface area contributed by atoms with Crippen LogP contribution < -0.4 is 11.1 Å². The molecular weight excluding hydrogens is 280 g/mol. The molecule has 0 aliphatic rings. The van der Waals surface area contributed by atoms with Crippen molar-refractivity contribution in [1.82, 2.24) is 0 Å². The van der Waals surface area contributed by atoms with Crippen molar-refractivity contribution in [2.24, 2.45) is 0 Å². The van der Waals surface area contributed by atoms with E-state index in [4.69, 9.17) is 5.73 Å². The van der Waals surface area contributed by atoms with Gasteiger partial charge in [0.2, 0.25) is 0 Å². The van der Waals surface area contributed by atoms with Crippen LogP contribution in [0.15, 0.2) is 36.4 Å². The second kappa shape index (κ2) is 5.60. The van der Waals surface area contributed by atoms with E-state index in [-0.39, 0.29) is 22.6 Å². The van der Waals surface area contributed by atoms with Gasteiger partial charge in [-0.2, -0.15) is 0 Å². The van der Waals surface area contributed by atoms with E-state index >= 15 is 0 Å². The first-order chi connectivity index (χ1) is 10.2. The van der Waals surface area contributed by atoms with Crippen LogP contribution in [-0.2, 0) is 5.41 Å². The van der Waals surface area contributed by atoms with Gasteiger partial charge in [-0.05, 0) is 35.7 Å². The molecule has 22 heavy (non-hydrogen) atoms. The molecule has 0 atom stereocenters. The van der Waals surface area contributed by atoms with Crippen molar-refractivity contribution in [1.29, 1.82) is 0 Å². The summed E-state index contributed by atoms with van der Waals surface area (Å²) in [6.07, 6.45) is 0. The molecular formula is C17H20N2O3. The lowest BCUT2D eigenvalue weighted by Gasteiger charge is -2.22. The van der Waals surface area contributed by atoms with Crippen molar-refractivity contribution < 1.29 is 15.0 Å². The summed E-state index contributed by atoms with van der Waals surface area (Å²) < 4.78 is 0. The average molecular weight is 300 g/mol. The van der Waals surface area contributed by atoms with Gasteiger partial charge < -0.3 is 21.3 Å². The second-order valence-electron chi connectivity index (χ2n) is 6.18. The molecule has 0 saturated carbocycles. The molecule has 0 aliphatic heterocycles. The SMILES string of the molecule is CC(C)(C)c1ccc(O)c(NC(=O)c2ccc(N)cc2)c1O. The Hall–Kier alpha value is -2.69. The van der Waals surface area contributed by atoms with E-state index in [0.29, 0.717) is 16.8 Å². The smallest absolute Gasteiger partial charge is 0.255 e. The van der Waals surface area contributed by atoms with E-state index < -0.39 is 5.91 Å². The minimum Gasteiger partial charge on any atom is -0.506 e. The number of rotatable bonds is 2. The molecule has 0 radical (unpaired) electrons. The van der Waals surface area contributed by atoms with Crippen molar-refractivity contribution in [2.75, 3.05) is 11.1 Å². The highest BCUT2D eigenvalue weighted by molar-refractivity contribution is 6.06. The maximum absolute atomic E-state index is 12.2. The van der Waals surface area contributed by atoms with Crippen LogP contribution in [-0.4, -0.2) is 16.1 Å². The van der Waals surface area contributed by atoms with Gasteiger partial charge in [0.15, 0.2) is 0 Å². The van der Waals surface area contributed by atoms with Crippen LogP contribution in [0.4, 0.5) is 11.4 Å². The van der Waals surface area contributed by atoms with Gasteiger partial charge >= 0.3 is 0 Å². The molecule has 0 heterocycles. The van der Waals surface area contributed by atoms with Crippen molar-refractivity contribution in [3.05, 3.63) is 47.5 Å². The van der Waals surface area contributed by atoms with Crippen molar-refractivity contribution in [2.45, 2.75) is 26.2 Å². The Morgan fingerprint density at radius 1 is 1.05 bits per heavy atom. The standard InChI is InChI=1S/C17H20N2O3/c1-17(2,3)12-8-9-13(20)14(15(12)21)19-16(22)10-4-6-11(18)7-5-10/h4-9,20-21H,18H2,1-3H3,(H,19,22). The van der Waals surface area contributed by atoms with Crippen LogP contribution in [0, 0.1) is 0 Å². The third-order valence-corrected chi connectivity index (χ3v) is 3.38. The first-order valence-electron chi connectivity index (χ1n) is 6.92. The summed E-state index contributed by atoms with van der Waals surface area (Å²) in [4.78, 5) is 12.2. The van der Waals surface area contributed by atoms with Crippen LogP contribution in [0.25, 0.3) is 0 Å². The maximum Gasteiger partial charge on any atom is 0.255 e.